The molecule has 0 fully saturated rings. The topological polar surface area (TPSA) is 114 Å². The second-order valence-electron chi connectivity index (χ2n) is 7.47. The molecule has 2 amide bonds. The van der Waals surface area contributed by atoms with E-state index in [-0.39, 0.29) is 23.9 Å². The van der Waals surface area contributed by atoms with Gasteiger partial charge in [-0.3, -0.25) is 13.9 Å². The van der Waals surface area contributed by atoms with E-state index in [0.717, 1.165) is 16.1 Å². The van der Waals surface area contributed by atoms with Crippen LogP contribution in [0.15, 0.2) is 42.5 Å². The second-order valence-corrected chi connectivity index (χ2v) is 9.37. The molecular weight excluding hydrogens is 462 g/mol. The van der Waals surface area contributed by atoms with Crippen LogP contribution in [0.5, 0.6) is 17.2 Å². The number of anilines is 1. The van der Waals surface area contributed by atoms with Crippen molar-refractivity contribution < 1.29 is 32.2 Å². The maximum Gasteiger partial charge on any atom is 0.244 e. The molecule has 2 aromatic carbocycles. The third-order valence-corrected chi connectivity index (χ3v) is 6.39. The summed E-state index contributed by atoms with van der Waals surface area (Å²) in [5, 5.41) is 2.53. The third-order valence-electron chi connectivity index (χ3n) is 5.26. The summed E-state index contributed by atoms with van der Waals surface area (Å²) in [4.78, 5) is 27.1. The molecule has 0 aromatic heterocycles. The average molecular weight is 494 g/mol. The molecule has 0 bridgehead atoms. The molecule has 34 heavy (non-hydrogen) atoms. The lowest BCUT2D eigenvalue weighted by molar-refractivity contribution is -0.139. The van der Waals surface area contributed by atoms with Crippen molar-refractivity contribution in [2.24, 2.45) is 0 Å². The molecule has 11 heteroatoms. The fourth-order valence-electron chi connectivity index (χ4n) is 3.30. The molecule has 0 aliphatic heterocycles. The van der Waals surface area contributed by atoms with Crippen LogP contribution in [0, 0.1) is 0 Å². The molecule has 1 unspecified atom stereocenters. The fraction of sp³-hybridized carbons (Fsp3) is 0.391. The highest BCUT2D eigenvalue weighted by atomic mass is 32.2. The minimum absolute atomic E-state index is 0.0920. The number of carbonyl (C=O) groups is 2. The van der Waals surface area contributed by atoms with Crippen molar-refractivity contribution in [2.45, 2.75) is 19.5 Å². The van der Waals surface area contributed by atoms with Crippen molar-refractivity contribution in [2.75, 3.05) is 45.5 Å². The van der Waals surface area contributed by atoms with E-state index < -0.39 is 28.5 Å². The number of carbonyl (C=O) groups excluding carboxylic acids is 2. The zero-order valence-corrected chi connectivity index (χ0v) is 21.0. The van der Waals surface area contributed by atoms with Crippen LogP contribution in [0.2, 0.25) is 0 Å². The first-order valence-electron chi connectivity index (χ1n) is 10.4. The molecule has 0 saturated heterocycles. The van der Waals surface area contributed by atoms with Gasteiger partial charge in [0.15, 0.2) is 0 Å². The van der Waals surface area contributed by atoms with Gasteiger partial charge >= 0.3 is 0 Å². The number of sulfonamides is 1. The minimum Gasteiger partial charge on any atom is -0.497 e. The third kappa shape index (κ3) is 6.53. The summed E-state index contributed by atoms with van der Waals surface area (Å²) in [7, 11) is 2.00. The largest absolute Gasteiger partial charge is 0.497 e. The Morgan fingerprint density at radius 1 is 0.971 bits per heavy atom. The van der Waals surface area contributed by atoms with Crippen molar-refractivity contribution >= 4 is 27.5 Å². The number of nitrogens with one attached hydrogen (secondary N) is 1. The molecular formula is C23H31N3O7S. The molecule has 186 valence electrons. The zero-order valence-electron chi connectivity index (χ0n) is 20.2. The Bertz CT molecular complexity index is 1100. The van der Waals surface area contributed by atoms with E-state index in [0.29, 0.717) is 11.5 Å². The Labute approximate surface area is 200 Å². The monoisotopic (exact) mass is 493 g/mol. The van der Waals surface area contributed by atoms with Crippen LogP contribution < -0.4 is 23.8 Å². The quantitative estimate of drug-likeness (QED) is 0.506. The predicted molar refractivity (Wildman–Crippen MR) is 129 cm³/mol. The molecule has 0 spiro atoms. The van der Waals surface area contributed by atoms with Crippen LogP contribution in [-0.2, 0) is 26.2 Å². The Morgan fingerprint density at radius 2 is 1.56 bits per heavy atom. The first kappa shape index (κ1) is 26.8. The van der Waals surface area contributed by atoms with Gasteiger partial charge < -0.3 is 24.4 Å². The SMILES string of the molecule is CNC(=O)C(C)N(Cc1ccc(OC)cc1)C(=O)CN(c1ccc(OC)cc1OC)S(C)(=O)=O. The van der Waals surface area contributed by atoms with Gasteiger partial charge in [0, 0.05) is 19.7 Å². The number of amides is 2. The van der Waals surface area contributed by atoms with Gasteiger partial charge in [-0.25, -0.2) is 8.42 Å². The van der Waals surface area contributed by atoms with Gasteiger partial charge in [-0.05, 0) is 36.8 Å². The molecule has 0 saturated carbocycles. The van der Waals surface area contributed by atoms with Gasteiger partial charge in [0.2, 0.25) is 21.8 Å². The lowest BCUT2D eigenvalue weighted by atomic mass is 10.1. The molecule has 0 heterocycles. The van der Waals surface area contributed by atoms with E-state index in [1.807, 2.05) is 0 Å². The van der Waals surface area contributed by atoms with Crippen molar-refractivity contribution in [3.8, 4) is 17.2 Å². The summed E-state index contributed by atoms with van der Waals surface area (Å²) in [6.07, 6.45) is 1.000. The minimum atomic E-state index is -3.88. The van der Waals surface area contributed by atoms with Crippen LogP contribution in [-0.4, -0.2) is 72.4 Å². The van der Waals surface area contributed by atoms with Gasteiger partial charge in [-0.15, -0.1) is 0 Å². The molecule has 0 aliphatic carbocycles. The summed E-state index contributed by atoms with van der Waals surface area (Å²) >= 11 is 0. The van der Waals surface area contributed by atoms with E-state index in [1.165, 1.54) is 38.3 Å². The summed E-state index contributed by atoms with van der Waals surface area (Å²) in [6.45, 7) is 1.15. The number of methoxy groups -OCH3 is 3. The van der Waals surface area contributed by atoms with Gasteiger partial charge in [0.25, 0.3) is 0 Å². The summed E-state index contributed by atoms with van der Waals surface area (Å²) in [6, 6.07) is 10.8. The smallest absolute Gasteiger partial charge is 0.244 e. The number of hydrogen-bond acceptors (Lipinski definition) is 7. The van der Waals surface area contributed by atoms with Gasteiger partial charge in [-0.2, -0.15) is 0 Å². The maximum atomic E-state index is 13.4. The number of benzene rings is 2. The first-order valence-corrected chi connectivity index (χ1v) is 12.2. The highest BCUT2D eigenvalue weighted by Gasteiger charge is 2.31. The van der Waals surface area contributed by atoms with Crippen LogP contribution in [0.3, 0.4) is 0 Å². The lowest BCUT2D eigenvalue weighted by Gasteiger charge is -2.31. The van der Waals surface area contributed by atoms with Crippen molar-refractivity contribution in [1.29, 1.82) is 0 Å². The molecule has 10 nitrogen and oxygen atoms in total. The maximum absolute atomic E-state index is 13.4. The molecule has 1 atom stereocenters. The highest BCUT2D eigenvalue weighted by molar-refractivity contribution is 7.92. The van der Waals surface area contributed by atoms with Crippen molar-refractivity contribution in [3.05, 3.63) is 48.0 Å². The van der Waals surface area contributed by atoms with E-state index in [4.69, 9.17) is 14.2 Å². The second kappa shape index (κ2) is 11.6. The zero-order chi connectivity index (χ0) is 25.5. The van der Waals surface area contributed by atoms with Crippen LogP contribution >= 0.6 is 0 Å². The highest BCUT2D eigenvalue weighted by Crippen LogP contribution is 2.33. The van der Waals surface area contributed by atoms with E-state index >= 15 is 0 Å². The standard InChI is InChI=1S/C23H31N3O7S/c1-16(23(28)24-2)25(14-17-7-9-18(31-3)10-8-17)22(27)15-26(34(6,29)30)20-12-11-19(32-4)13-21(20)33-5/h7-13,16H,14-15H2,1-6H3,(H,24,28). The van der Waals surface area contributed by atoms with Crippen LogP contribution in [0.4, 0.5) is 5.69 Å². The summed E-state index contributed by atoms with van der Waals surface area (Å²) in [5.74, 6) is 0.397. The summed E-state index contributed by atoms with van der Waals surface area (Å²) in [5.41, 5.74) is 0.925. The molecule has 2 aromatic rings. The fourth-order valence-corrected chi connectivity index (χ4v) is 4.16. The van der Waals surface area contributed by atoms with E-state index in [1.54, 1.807) is 44.4 Å². The molecule has 1 N–H and O–H groups in total. The predicted octanol–water partition coefficient (Wildman–Crippen LogP) is 1.64. The number of rotatable bonds is 11. The Hall–Kier alpha value is -3.47. The van der Waals surface area contributed by atoms with Gasteiger partial charge in [0.05, 0.1) is 33.3 Å². The first-order chi connectivity index (χ1) is 16.0. The van der Waals surface area contributed by atoms with Crippen LogP contribution in [0.25, 0.3) is 0 Å². The Kier molecular flexibility index (Phi) is 9.13. The molecule has 0 radical (unpaired) electrons. The Morgan fingerprint density at radius 3 is 2.06 bits per heavy atom. The normalized spacial score (nSPS) is 11.8. The summed E-state index contributed by atoms with van der Waals surface area (Å²) < 4.78 is 42.0. The van der Waals surface area contributed by atoms with Gasteiger partial charge in [0.1, 0.15) is 29.8 Å². The van der Waals surface area contributed by atoms with E-state index in [2.05, 4.69) is 5.32 Å². The number of ether oxygens (including phenoxy) is 3. The van der Waals surface area contributed by atoms with Crippen LogP contribution in [0.1, 0.15) is 12.5 Å². The number of hydrogen-bond donors (Lipinski definition) is 1. The lowest BCUT2D eigenvalue weighted by Crippen LogP contribution is -2.50. The van der Waals surface area contributed by atoms with Crippen molar-refractivity contribution in [3.63, 3.8) is 0 Å². The Balaban J connectivity index is 2.43. The number of likely N-dealkylation sites (N-methyl/N-ethyl adjacent to an activating group) is 1. The molecule has 2 rings (SSSR count). The average Bonchev–Trinajstić information content (AvgIpc) is 2.84. The number of nitrogens with zero attached hydrogens (tertiary/aromatic N) is 2. The molecule has 0 aliphatic rings. The van der Waals surface area contributed by atoms with Gasteiger partial charge in [-0.1, -0.05) is 12.1 Å². The van der Waals surface area contributed by atoms with E-state index in [9.17, 15) is 18.0 Å². The van der Waals surface area contributed by atoms with Crippen molar-refractivity contribution in [1.82, 2.24) is 10.2 Å².